The molecule has 1 aromatic carbocycles. The highest BCUT2D eigenvalue weighted by atomic mass is 16.5. The van der Waals surface area contributed by atoms with E-state index in [1.807, 2.05) is 12.1 Å². The van der Waals surface area contributed by atoms with E-state index in [1.54, 1.807) is 12.1 Å². The maximum Gasteiger partial charge on any atom is 0.260 e. The first-order valence-corrected chi connectivity index (χ1v) is 8.91. The fraction of sp³-hybridized carbons (Fsp3) is 0.474. The second-order valence-corrected chi connectivity index (χ2v) is 6.87. The molecule has 2 aromatic rings. The van der Waals surface area contributed by atoms with Crippen LogP contribution in [0.15, 0.2) is 35.1 Å². The number of carbonyl (C=O) groups is 1. The van der Waals surface area contributed by atoms with Gasteiger partial charge in [0.05, 0.1) is 11.8 Å². The van der Waals surface area contributed by atoms with Gasteiger partial charge < -0.3 is 19.7 Å². The average Bonchev–Trinajstić information content (AvgIpc) is 3.35. The molecular formula is C19H22N2O4. The molecule has 2 saturated carbocycles. The molecule has 2 aliphatic carbocycles. The van der Waals surface area contributed by atoms with E-state index in [2.05, 4.69) is 10.5 Å². The molecule has 2 fully saturated rings. The van der Waals surface area contributed by atoms with E-state index in [1.165, 1.54) is 6.26 Å². The van der Waals surface area contributed by atoms with Gasteiger partial charge in [-0.25, -0.2) is 0 Å². The second kappa shape index (κ2) is 6.88. The third-order valence-electron chi connectivity index (χ3n) is 4.87. The number of carbonyl (C=O) groups excluding carboxylic acids is 1. The summed E-state index contributed by atoms with van der Waals surface area (Å²) >= 11 is 0. The summed E-state index contributed by atoms with van der Waals surface area (Å²) in [4.78, 5) is 12.4. The molecule has 0 unspecified atom stereocenters. The van der Waals surface area contributed by atoms with Crippen LogP contribution in [0, 0.1) is 0 Å². The number of amides is 1. The fourth-order valence-corrected chi connectivity index (χ4v) is 3.27. The van der Waals surface area contributed by atoms with Crippen molar-refractivity contribution in [3.8, 4) is 5.75 Å². The Balaban J connectivity index is 1.38. The van der Waals surface area contributed by atoms with Gasteiger partial charge in [0.25, 0.3) is 5.91 Å². The number of benzene rings is 1. The lowest BCUT2D eigenvalue weighted by Gasteiger charge is -2.28. The standard InChI is InChI=1S/C19H22N2O4/c22-16-3-1-2-4-17(16)25-14-9-7-13(8-10-14)20-19(23)15-11-24-21-18(15)12-5-6-12/h7-12,16-17,22H,1-6H2,(H,20,23)/t16-,17-/m1/s1. The maximum absolute atomic E-state index is 12.4. The van der Waals surface area contributed by atoms with Crippen molar-refractivity contribution in [3.05, 3.63) is 41.8 Å². The van der Waals surface area contributed by atoms with E-state index >= 15 is 0 Å². The molecule has 25 heavy (non-hydrogen) atoms. The topological polar surface area (TPSA) is 84.6 Å². The summed E-state index contributed by atoms with van der Waals surface area (Å²) in [5.74, 6) is 0.851. The van der Waals surface area contributed by atoms with Crippen molar-refractivity contribution in [2.45, 2.75) is 56.7 Å². The van der Waals surface area contributed by atoms with Gasteiger partial charge in [-0.3, -0.25) is 4.79 Å². The van der Waals surface area contributed by atoms with Crippen LogP contribution in [0.2, 0.25) is 0 Å². The Labute approximate surface area is 146 Å². The third kappa shape index (κ3) is 3.69. The largest absolute Gasteiger partial charge is 0.488 e. The molecule has 1 amide bonds. The Hall–Kier alpha value is -2.34. The van der Waals surface area contributed by atoms with Crippen LogP contribution >= 0.6 is 0 Å². The molecule has 6 nitrogen and oxygen atoms in total. The Kier molecular flexibility index (Phi) is 4.44. The van der Waals surface area contributed by atoms with Gasteiger partial charge in [0.15, 0.2) is 0 Å². The molecule has 0 saturated heterocycles. The molecule has 2 aliphatic rings. The highest BCUT2D eigenvalue weighted by molar-refractivity contribution is 6.05. The van der Waals surface area contributed by atoms with Crippen LogP contribution < -0.4 is 10.1 Å². The van der Waals surface area contributed by atoms with E-state index in [4.69, 9.17) is 9.26 Å². The van der Waals surface area contributed by atoms with Crippen LogP contribution in [-0.4, -0.2) is 28.4 Å². The lowest BCUT2D eigenvalue weighted by atomic mass is 9.95. The number of nitrogens with one attached hydrogen (secondary N) is 1. The third-order valence-corrected chi connectivity index (χ3v) is 4.87. The van der Waals surface area contributed by atoms with Gasteiger partial charge >= 0.3 is 0 Å². The normalized spacial score (nSPS) is 23.2. The number of aliphatic hydroxyl groups excluding tert-OH is 1. The van der Waals surface area contributed by atoms with Crippen LogP contribution in [0.3, 0.4) is 0 Å². The van der Waals surface area contributed by atoms with Crippen molar-refractivity contribution >= 4 is 11.6 Å². The predicted octanol–water partition coefficient (Wildman–Crippen LogP) is 3.49. The number of nitrogens with zero attached hydrogens (tertiary/aromatic N) is 1. The zero-order valence-electron chi connectivity index (χ0n) is 14.0. The molecular weight excluding hydrogens is 320 g/mol. The van der Waals surface area contributed by atoms with Gasteiger partial charge in [-0.2, -0.15) is 0 Å². The summed E-state index contributed by atoms with van der Waals surface area (Å²) < 4.78 is 10.8. The summed E-state index contributed by atoms with van der Waals surface area (Å²) in [6, 6.07) is 7.22. The molecule has 0 aliphatic heterocycles. The van der Waals surface area contributed by atoms with Crippen LogP contribution in [0.25, 0.3) is 0 Å². The molecule has 0 spiro atoms. The molecule has 6 heteroatoms. The van der Waals surface area contributed by atoms with E-state index < -0.39 is 6.10 Å². The van der Waals surface area contributed by atoms with E-state index in [-0.39, 0.29) is 12.0 Å². The molecule has 132 valence electrons. The lowest BCUT2D eigenvalue weighted by Crippen LogP contribution is -2.34. The molecule has 0 bridgehead atoms. The van der Waals surface area contributed by atoms with Crippen molar-refractivity contribution in [3.63, 3.8) is 0 Å². The van der Waals surface area contributed by atoms with E-state index in [9.17, 15) is 9.90 Å². The zero-order chi connectivity index (χ0) is 17.2. The minimum atomic E-state index is -0.400. The predicted molar refractivity (Wildman–Crippen MR) is 91.8 cm³/mol. The molecule has 1 aromatic heterocycles. The van der Waals surface area contributed by atoms with Gasteiger partial charge in [-0.15, -0.1) is 0 Å². The minimum Gasteiger partial charge on any atom is -0.488 e. The summed E-state index contributed by atoms with van der Waals surface area (Å²) in [7, 11) is 0. The van der Waals surface area contributed by atoms with Gasteiger partial charge in [0.1, 0.15) is 23.7 Å². The molecule has 2 N–H and O–H groups in total. The van der Waals surface area contributed by atoms with Gasteiger partial charge in [0.2, 0.25) is 0 Å². The van der Waals surface area contributed by atoms with Crippen LogP contribution in [0.1, 0.15) is 60.5 Å². The van der Waals surface area contributed by atoms with Gasteiger partial charge in [0, 0.05) is 11.6 Å². The zero-order valence-corrected chi connectivity index (χ0v) is 14.0. The van der Waals surface area contributed by atoms with Crippen molar-refractivity contribution in [2.24, 2.45) is 0 Å². The lowest BCUT2D eigenvalue weighted by molar-refractivity contribution is 0.00688. The smallest absolute Gasteiger partial charge is 0.260 e. The number of aromatic nitrogens is 1. The second-order valence-electron chi connectivity index (χ2n) is 6.87. The van der Waals surface area contributed by atoms with Crippen LogP contribution in [0.4, 0.5) is 5.69 Å². The van der Waals surface area contributed by atoms with Crippen molar-refractivity contribution in [1.82, 2.24) is 5.16 Å². The summed E-state index contributed by atoms with van der Waals surface area (Å²) in [5, 5.41) is 16.8. The molecule has 4 rings (SSSR count). The quantitative estimate of drug-likeness (QED) is 0.869. The van der Waals surface area contributed by atoms with Crippen molar-refractivity contribution in [1.29, 1.82) is 0 Å². The number of hydrogen-bond donors (Lipinski definition) is 2. The number of ether oxygens (including phenoxy) is 1. The SMILES string of the molecule is O=C(Nc1ccc(O[C@@H]2CCCC[C@H]2O)cc1)c1conc1C1CC1. The van der Waals surface area contributed by atoms with Crippen LogP contribution in [-0.2, 0) is 0 Å². The highest BCUT2D eigenvalue weighted by Crippen LogP contribution is 2.40. The summed E-state index contributed by atoms with van der Waals surface area (Å²) in [6.45, 7) is 0. The Morgan fingerprint density at radius 3 is 2.64 bits per heavy atom. The highest BCUT2D eigenvalue weighted by Gasteiger charge is 2.31. The summed E-state index contributed by atoms with van der Waals surface area (Å²) in [5.41, 5.74) is 1.95. The fourth-order valence-electron chi connectivity index (χ4n) is 3.27. The summed E-state index contributed by atoms with van der Waals surface area (Å²) in [6.07, 6.45) is 6.78. The Morgan fingerprint density at radius 2 is 1.92 bits per heavy atom. The maximum atomic E-state index is 12.4. The number of hydrogen-bond acceptors (Lipinski definition) is 5. The Morgan fingerprint density at radius 1 is 1.16 bits per heavy atom. The van der Waals surface area contributed by atoms with E-state index in [0.717, 1.165) is 44.2 Å². The molecule has 1 heterocycles. The van der Waals surface area contributed by atoms with Gasteiger partial charge in [-0.1, -0.05) is 11.6 Å². The number of rotatable bonds is 5. The minimum absolute atomic E-state index is 0.146. The van der Waals surface area contributed by atoms with Crippen LogP contribution in [0.5, 0.6) is 5.75 Å². The number of anilines is 1. The average molecular weight is 342 g/mol. The first-order chi connectivity index (χ1) is 12.2. The molecule has 0 radical (unpaired) electrons. The van der Waals surface area contributed by atoms with Gasteiger partial charge in [-0.05, 0) is 56.4 Å². The van der Waals surface area contributed by atoms with Crippen molar-refractivity contribution in [2.75, 3.05) is 5.32 Å². The van der Waals surface area contributed by atoms with E-state index in [0.29, 0.717) is 22.9 Å². The first kappa shape index (κ1) is 16.1. The first-order valence-electron chi connectivity index (χ1n) is 8.91. The Bertz CT molecular complexity index is 736. The number of aliphatic hydroxyl groups is 1. The molecule has 2 atom stereocenters. The van der Waals surface area contributed by atoms with Crippen molar-refractivity contribution < 1.29 is 19.2 Å². The monoisotopic (exact) mass is 342 g/mol.